The van der Waals surface area contributed by atoms with Crippen molar-refractivity contribution in [3.8, 4) is 0 Å². The molecule has 1 aromatic carbocycles. The smallest absolute Gasteiger partial charge is 0.254 e. The highest BCUT2D eigenvalue weighted by Gasteiger charge is 2.34. The Morgan fingerprint density at radius 1 is 1.46 bits per heavy atom. The van der Waals surface area contributed by atoms with Gasteiger partial charge in [0.05, 0.1) is 0 Å². The Hall–Kier alpha value is -2.28. The molecule has 0 saturated carbocycles. The molecule has 6 nitrogen and oxygen atoms in total. The van der Waals surface area contributed by atoms with Crippen LogP contribution in [0.3, 0.4) is 0 Å². The zero-order valence-electron chi connectivity index (χ0n) is 14.9. The summed E-state index contributed by atoms with van der Waals surface area (Å²) in [6.07, 6.45) is 3.97. The molecule has 0 aliphatic carbocycles. The van der Waals surface area contributed by atoms with Crippen LogP contribution in [0, 0.1) is 5.82 Å². The summed E-state index contributed by atoms with van der Waals surface area (Å²) in [4.78, 5) is 35.9. The number of amides is 3. The normalized spacial score (nSPS) is 20.6. The molecule has 0 spiro atoms. The Morgan fingerprint density at radius 3 is 2.96 bits per heavy atom. The van der Waals surface area contributed by atoms with Crippen LogP contribution in [0.5, 0.6) is 0 Å². The number of nitrogens with zero attached hydrogens (tertiary/aromatic N) is 1. The van der Waals surface area contributed by atoms with Crippen LogP contribution in [0.25, 0.3) is 0 Å². The summed E-state index contributed by atoms with van der Waals surface area (Å²) in [5.41, 5.74) is 1.49. The van der Waals surface area contributed by atoms with Gasteiger partial charge < -0.3 is 10.2 Å². The molecule has 2 aliphatic heterocycles. The lowest BCUT2D eigenvalue weighted by atomic mass is 9.94. The number of benzene rings is 1. The van der Waals surface area contributed by atoms with Gasteiger partial charge in [0.15, 0.2) is 0 Å². The number of piperidine rings is 1. The second-order valence-electron chi connectivity index (χ2n) is 7.00. The first-order valence-electron chi connectivity index (χ1n) is 9.11. The van der Waals surface area contributed by atoms with E-state index >= 15 is 4.39 Å². The standard InChI is InChI=1S/C19H24FN3O3/c1-12(5-8-17(25)22-11-24)23-10-15-13(19(23)26)6-7-14(18(15)20)16-4-2-3-9-21-16/h6-7,11-12,16,21H,2-5,8-10H2,1H3,(H,22,24,25). The molecule has 2 atom stereocenters. The molecule has 0 bridgehead atoms. The van der Waals surface area contributed by atoms with Crippen LogP contribution in [-0.2, 0) is 16.1 Å². The average molecular weight is 361 g/mol. The van der Waals surface area contributed by atoms with Gasteiger partial charge in [0.25, 0.3) is 5.91 Å². The lowest BCUT2D eigenvalue weighted by molar-refractivity contribution is -0.125. The van der Waals surface area contributed by atoms with Crippen LogP contribution in [-0.4, -0.2) is 35.7 Å². The number of carbonyl (C=O) groups is 3. The molecule has 1 saturated heterocycles. The van der Waals surface area contributed by atoms with Crippen LogP contribution < -0.4 is 10.6 Å². The maximum Gasteiger partial charge on any atom is 0.254 e. The zero-order valence-corrected chi connectivity index (χ0v) is 14.9. The van der Waals surface area contributed by atoms with Crippen molar-refractivity contribution >= 4 is 18.2 Å². The van der Waals surface area contributed by atoms with Crippen molar-refractivity contribution in [2.24, 2.45) is 0 Å². The lowest BCUT2D eigenvalue weighted by Gasteiger charge is -2.25. The number of fused-ring (bicyclic) bond motifs is 1. The SMILES string of the molecule is CC(CCC(=O)NC=O)N1Cc2c(ccc(C3CCCCN3)c2F)C1=O. The molecule has 26 heavy (non-hydrogen) atoms. The molecule has 0 aromatic heterocycles. The van der Waals surface area contributed by atoms with E-state index in [0.29, 0.717) is 29.5 Å². The molecule has 2 aliphatic rings. The first kappa shape index (κ1) is 18.5. The molecule has 2 unspecified atom stereocenters. The van der Waals surface area contributed by atoms with Crippen molar-refractivity contribution in [3.05, 3.63) is 34.6 Å². The summed E-state index contributed by atoms with van der Waals surface area (Å²) in [6.45, 7) is 2.93. The second kappa shape index (κ2) is 7.95. The number of hydrogen-bond donors (Lipinski definition) is 2. The van der Waals surface area contributed by atoms with Crippen molar-refractivity contribution in [1.29, 1.82) is 0 Å². The van der Waals surface area contributed by atoms with Crippen LogP contribution in [0.1, 0.15) is 66.6 Å². The van der Waals surface area contributed by atoms with Crippen molar-refractivity contribution in [3.63, 3.8) is 0 Å². The van der Waals surface area contributed by atoms with Crippen molar-refractivity contribution < 1.29 is 18.8 Å². The molecule has 7 heteroatoms. The largest absolute Gasteiger partial charge is 0.331 e. The summed E-state index contributed by atoms with van der Waals surface area (Å²) >= 11 is 0. The van der Waals surface area contributed by atoms with E-state index in [1.807, 2.05) is 6.92 Å². The molecule has 140 valence electrons. The first-order valence-corrected chi connectivity index (χ1v) is 9.11. The molecular formula is C19H24FN3O3. The van der Waals surface area contributed by atoms with Crippen LogP contribution in [0.4, 0.5) is 4.39 Å². The molecule has 0 radical (unpaired) electrons. The molecular weight excluding hydrogens is 337 g/mol. The van der Waals surface area contributed by atoms with Gasteiger partial charge in [-0.2, -0.15) is 0 Å². The number of halogens is 1. The third-order valence-corrected chi connectivity index (χ3v) is 5.32. The third-order valence-electron chi connectivity index (χ3n) is 5.32. The Balaban J connectivity index is 1.72. The minimum Gasteiger partial charge on any atom is -0.331 e. The minimum absolute atomic E-state index is 0.00247. The average Bonchev–Trinajstić information content (AvgIpc) is 2.99. The Bertz CT molecular complexity index is 716. The Morgan fingerprint density at radius 2 is 2.27 bits per heavy atom. The van der Waals surface area contributed by atoms with Crippen LogP contribution >= 0.6 is 0 Å². The Kier molecular flexibility index (Phi) is 5.66. The highest BCUT2D eigenvalue weighted by atomic mass is 19.1. The molecule has 1 aromatic rings. The van der Waals surface area contributed by atoms with E-state index in [0.717, 1.165) is 25.8 Å². The first-order chi connectivity index (χ1) is 12.5. The van der Waals surface area contributed by atoms with Gasteiger partial charge in [-0.25, -0.2) is 4.39 Å². The van der Waals surface area contributed by atoms with Gasteiger partial charge in [-0.15, -0.1) is 0 Å². The van der Waals surface area contributed by atoms with E-state index in [-0.39, 0.29) is 42.7 Å². The summed E-state index contributed by atoms with van der Waals surface area (Å²) in [5, 5.41) is 5.43. The number of carbonyl (C=O) groups excluding carboxylic acids is 3. The maximum atomic E-state index is 15.1. The van der Waals surface area contributed by atoms with Gasteiger partial charge in [0.1, 0.15) is 5.82 Å². The van der Waals surface area contributed by atoms with Crippen molar-refractivity contribution in [1.82, 2.24) is 15.5 Å². The quantitative estimate of drug-likeness (QED) is 0.760. The number of hydrogen-bond acceptors (Lipinski definition) is 4. The number of imide groups is 1. The predicted molar refractivity (Wildman–Crippen MR) is 93.8 cm³/mol. The van der Waals surface area contributed by atoms with E-state index in [2.05, 4.69) is 10.6 Å². The van der Waals surface area contributed by atoms with E-state index in [1.54, 1.807) is 17.0 Å². The highest BCUT2D eigenvalue weighted by Crippen LogP contribution is 2.33. The van der Waals surface area contributed by atoms with Crippen LogP contribution in [0.2, 0.25) is 0 Å². The van der Waals surface area contributed by atoms with Gasteiger partial charge in [-0.05, 0) is 38.8 Å². The number of rotatable bonds is 6. The molecule has 1 fully saturated rings. The van der Waals surface area contributed by atoms with Gasteiger partial charge in [-0.3, -0.25) is 19.7 Å². The van der Waals surface area contributed by atoms with Crippen LogP contribution in [0.15, 0.2) is 12.1 Å². The van der Waals surface area contributed by atoms with Gasteiger partial charge in [0.2, 0.25) is 12.3 Å². The Labute approximate surface area is 152 Å². The second-order valence-corrected chi connectivity index (χ2v) is 7.00. The number of nitrogens with one attached hydrogen (secondary N) is 2. The monoisotopic (exact) mass is 361 g/mol. The molecule has 3 rings (SSSR count). The van der Waals surface area contributed by atoms with E-state index < -0.39 is 0 Å². The molecule has 2 N–H and O–H groups in total. The summed E-state index contributed by atoms with van der Waals surface area (Å²) in [6, 6.07) is 3.23. The van der Waals surface area contributed by atoms with E-state index in [1.165, 1.54) is 0 Å². The van der Waals surface area contributed by atoms with Gasteiger partial charge in [0, 0.05) is 41.7 Å². The van der Waals surface area contributed by atoms with E-state index in [4.69, 9.17) is 0 Å². The fourth-order valence-corrected chi connectivity index (χ4v) is 3.77. The van der Waals surface area contributed by atoms with Crippen molar-refractivity contribution in [2.75, 3.05) is 6.54 Å². The maximum absolute atomic E-state index is 15.1. The fraction of sp³-hybridized carbons (Fsp3) is 0.526. The fourth-order valence-electron chi connectivity index (χ4n) is 3.77. The third kappa shape index (κ3) is 3.62. The summed E-state index contributed by atoms with van der Waals surface area (Å²) in [7, 11) is 0. The summed E-state index contributed by atoms with van der Waals surface area (Å²) < 4.78 is 15.1. The topological polar surface area (TPSA) is 78.5 Å². The van der Waals surface area contributed by atoms with E-state index in [9.17, 15) is 14.4 Å². The van der Waals surface area contributed by atoms with Crippen molar-refractivity contribution in [2.45, 2.75) is 57.7 Å². The van der Waals surface area contributed by atoms with Gasteiger partial charge >= 0.3 is 0 Å². The van der Waals surface area contributed by atoms with Gasteiger partial charge in [-0.1, -0.05) is 12.5 Å². The molecule has 2 heterocycles. The lowest BCUT2D eigenvalue weighted by Crippen LogP contribution is -2.34. The predicted octanol–water partition coefficient (Wildman–Crippen LogP) is 2.04. The highest BCUT2D eigenvalue weighted by molar-refractivity contribution is 5.98. The zero-order chi connectivity index (χ0) is 18.7. The minimum atomic E-state index is -0.382. The summed E-state index contributed by atoms with van der Waals surface area (Å²) in [5.74, 6) is -0.873. The molecule has 3 amide bonds.